The van der Waals surface area contributed by atoms with Gasteiger partial charge in [-0.15, -0.1) is 0 Å². The normalized spacial score (nSPS) is 13.8. The van der Waals surface area contributed by atoms with Gasteiger partial charge >= 0.3 is 7.12 Å². The van der Waals surface area contributed by atoms with E-state index in [4.69, 9.17) is 14.8 Å². The molecule has 112 valence electrons. The summed E-state index contributed by atoms with van der Waals surface area (Å²) in [5.41, 5.74) is 0.140. The molecule has 0 bridgehead atoms. The second kappa shape index (κ2) is 8.92. The molecule has 0 aromatic heterocycles. The van der Waals surface area contributed by atoms with Crippen LogP contribution < -0.4 is 10.2 Å². The molecular formula is C14H21BF2O3. The SMILES string of the molecule is CCCCCC(F)C(F)COc1ccccc1B(O)O. The standard InChI is InChI=1S/C14H21BF2O3/c1-2-3-4-8-12(16)13(17)10-20-14-9-6-5-7-11(14)15(18)19/h5-7,9,12-13,18-19H,2-4,8,10H2,1H3. The summed E-state index contributed by atoms with van der Waals surface area (Å²) in [6.45, 7) is 1.57. The fraction of sp³-hybridized carbons (Fsp3) is 0.571. The number of ether oxygens (including phenoxy) is 1. The lowest BCUT2D eigenvalue weighted by atomic mass is 9.79. The lowest BCUT2D eigenvalue weighted by Gasteiger charge is -2.16. The minimum atomic E-state index is -1.71. The Morgan fingerprint density at radius 2 is 1.85 bits per heavy atom. The summed E-state index contributed by atoms with van der Waals surface area (Å²) < 4.78 is 32.3. The quantitative estimate of drug-likeness (QED) is 0.539. The molecule has 0 saturated heterocycles. The van der Waals surface area contributed by atoms with Gasteiger partial charge in [0.15, 0.2) is 6.17 Å². The molecule has 2 atom stereocenters. The lowest BCUT2D eigenvalue weighted by molar-refractivity contribution is 0.102. The predicted molar refractivity (Wildman–Crippen MR) is 75.7 cm³/mol. The molecule has 6 heteroatoms. The Labute approximate surface area is 118 Å². The summed E-state index contributed by atoms with van der Waals surface area (Å²) in [5, 5.41) is 18.3. The van der Waals surface area contributed by atoms with Crippen LogP contribution in [0.15, 0.2) is 24.3 Å². The van der Waals surface area contributed by atoms with Crippen molar-refractivity contribution < 1.29 is 23.6 Å². The van der Waals surface area contributed by atoms with Crippen molar-refractivity contribution in [3.8, 4) is 5.75 Å². The molecule has 0 fully saturated rings. The monoisotopic (exact) mass is 286 g/mol. The van der Waals surface area contributed by atoms with Crippen molar-refractivity contribution >= 4 is 12.6 Å². The van der Waals surface area contributed by atoms with Crippen LogP contribution >= 0.6 is 0 Å². The number of unbranched alkanes of at least 4 members (excludes halogenated alkanes) is 2. The number of alkyl halides is 2. The smallest absolute Gasteiger partial charge is 0.491 e. The van der Waals surface area contributed by atoms with E-state index < -0.39 is 26.1 Å². The zero-order valence-electron chi connectivity index (χ0n) is 11.6. The summed E-state index contributed by atoms with van der Waals surface area (Å²) in [5.74, 6) is 0.158. The van der Waals surface area contributed by atoms with E-state index in [9.17, 15) is 8.78 Å². The highest BCUT2D eigenvalue weighted by Crippen LogP contribution is 2.15. The molecule has 20 heavy (non-hydrogen) atoms. The minimum Gasteiger partial charge on any atom is -0.491 e. The van der Waals surface area contributed by atoms with Crippen molar-refractivity contribution in [2.45, 2.75) is 45.0 Å². The zero-order valence-corrected chi connectivity index (χ0v) is 11.6. The Kier molecular flexibility index (Phi) is 7.55. The van der Waals surface area contributed by atoms with E-state index in [2.05, 4.69) is 0 Å². The maximum absolute atomic E-state index is 13.6. The van der Waals surface area contributed by atoms with E-state index in [1.807, 2.05) is 6.92 Å². The number of para-hydroxylation sites is 1. The molecule has 0 aliphatic rings. The third kappa shape index (κ3) is 5.47. The van der Waals surface area contributed by atoms with Gasteiger partial charge in [-0.1, -0.05) is 44.4 Å². The van der Waals surface area contributed by atoms with Crippen molar-refractivity contribution in [3.63, 3.8) is 0 Å². The van der Waals surface area contributed by atoms with E-state index in [0.717, 1.165) is 12.8 Å². The van der Waals surface area contributed by atoms with Crippen molar-refractivity contribution in [3.05, 3.63) is 24.3 Å². The molecule has 0 spiro atoms. The molecule has 0 saturated carbocycles. The van der Waals surface area contributed by atoms with Crippen molar-refractivity contribution in [1.82, 2.24) is 0 Å². The lowest BCUT2D eigenvalue weighted by Crippen LogP contribution is -2.33. The molecule has 2 unspecified atom stereocenters. The molecule has 0 aliphatic heterocycles. The van der Waals surface area contributed by atoms with Gasteiger partial charge in [0, 0.05) is 5.46 Å². The first-order chi connectivity index (χ1) is 9.56. The summed E-state index contributed by atoms with van der Waals surface area (Å²) in [6, 6.07) is 6.19. The van der Waals surface area contributed by atoms with E-state index >= 15 is 0 Å². The second-order valence-electron chi connectivity index (χ2n) is 4.75. The molecule has 1 aromatic carbocycles. The maximum Gasteiger partial charge on any atom is 0.492 e. The van der Waals surface area contributed by atoms with Crippen LogP contribution in [0.5, 0.6) is 5.75 Å². The third-order valence-electron chi connectivity index (χ3n) is 3.07. The molecule has 1 aromatic rings. The highest BCUT2D eigenvalue weighted by molar-refractivity contribution is 6.59. The summed E-state index contributed by atoms with van der Waals surface area (Å²) >= 11 is 0. The van der Waals surface area contributed by atoms with Crippen molar-refractivity contribution in [2.24, 2.45) is 0 Å². The average molecular weight is 286 g/mol. The molecule has 0 radical (unpaired) electrons. The molecule has 1 rings (SSSR count). The van der Waals surface area contributed by atoms with Crippen LogP contribution in [0.25, 0.3) is 0 Å². The van der Waals surface area contributed by atoms with Gasteiger partial charge in [-0.25, -0.2) is 8.78 Å². The van der Waals surface area contributed by atoms with E-state index in [1.54, 1.807) is 12.1 Å². The van der Waals surface area contributed by atoms with Gasteiger partial charge in [0.1, 0.15) is 18.5 Å². The Bertz CT molecular complexity index is 390. The second-order valence-corrected chi connectivity index (χ2v) is 4.75. The van der Waals surface area contributed by atoms with Crippen LogP contribution in [-0.2, 0) is 0 Å². The van der Waals surface area contributed by atoms with Crippen LogP contribution in [0.3, 0.4) is 0 Å². The molecular weight excluding hydrogens is 265 g/mol. The van der Waals surface area contributed by atoms with Gasteiger partial charge in [-0.3, -0.25) is 0 Å². The van der Waals surface area contributed by atoms with E-state index in [0.29, 0.717) is 6.42 Å². The Hall–Kier alpha value is -1.14. The molecule has 3 nitrogen and oxygen atoms in total. The Balaban J connectivity index is 2.46. The summed E-state index contributed by atoms with van der Waals surface area (Å²) in [7, 11) is -1.70. The Morgan fingerprint density at radius 1 is 1.15 bits per heavy atom. The minimum absolute atomic E-state index is 0.140. The highest BCUT2D eigenvalue weighted by Gasteiger charge is 2.22. The van der Waals surface area contributed by atoms with Gasteiger partial charge in [0.05, 0.1) is 0 Å². The summed E-state index contributed by atoms with van der Waals surface area (Å²) in [6.07, 6.45) is -0.578. The van der Waals surface area contributed by atoms with Gasteiger partial charge in [-0.05, 0) is 12.5 Å². The number of halogens is 2. The highest BCUT2D eigenvalue weighted by atomic mass is 19.2. The number of hydrogen-bond donors (Lipinski definition) is 2. The number of hydrogen-bond acceptors (Lipinski definition) is 3. The predicted octanol–water partition coefficient (Wildman–Crippen LogP) is 2.00. The van der Waals surface area contributed by atoms with Gasteiger partial charge in [-0.2, -0.15) is 0 Å². The fourth-order valence-corrected chi connectivity index (χ4v) is 1.87. The van der Waals surface area contributed by atoms with Gasteiger partial charge in [0.2, 0.25) is 0 Å². The van der Waals surface area contributed by atoms with Gasteiger partial charge in [0.25, 0.3) is 0 Å². The van der Waals surface area contributed by atoms with Crippen LogP contribution in [-0.4, -0.2) is 36.1 Å². The van der Waals surface area contributed by atoms with Gasteiger partial charge < -0.3 is 14.8 Å². The zero-order chi connectivity index (χ0) is 15.0. The first-order valence-corrected chi connectivity index (χ1v) is 6.92. The first-order valence-electron chi connectivity index (χ1n) is 6.92. The molecule has 0 amide bonds. The summed E-state index contributed by atoms with van der Waals surface area (Å²) in [4.78, 5) is 0. The average Bonchev–Trinajstić information content (AvgIpc) is 2.45. The van der Waals surface area contributed by atoms with Crippen LogP contribution in [0.1, 0.15) is 32.6 Å². The molecule has 0 aliphatic carbocycles. The first kappa shape index (κ1) is 16.9. The number of benzene rings is 1. The van der Waals surface area contributed by atoms with Crippen molar-refractivity contribution in [2.75, 3.05) is 6.61 Å². The van der Waals surface area contributed by atoms with Crippen LogP contribution in [0.2, 0.25) is 0 Å². The van der Waals surface area contributed by atoms with Crippen LogP contribution in [0, 0.1) is 0 Å². The number of rotatable bonds is 9. The third-order valence-corrected chi connectivity index (χ3v) is 3.07. The molecule has 0 heterocycles. The van der Waals surface area contributed by atoms with E-state index in [-0.39, 0.29) is 17.6 Å². The Morgan fingerprint density at radius 3 is 2.50 bits per heavy atom. The largest absolute Gasteiger partial charge is 0.492 e. The maximum atomic E-state index is 13.6. The topological polar surface area (TPSA) is 49.7 Å². The van der Waals surface area contributed by atoms with Crippen molar-refractivity contribution in [1.29, 1.82) is 0 Å². The fourth-order valence-electron chi connectivity index (χ4n) is 1.87. The van der Waals surface area contributed by atoms with E-state index in [1.165, 1.54) is 12.1 Å². The van der Waals surface area contributed by atoms with Crippen LogP contribution in [0.4, 0.5) is 8.78 Å². The molecule has 2 N–H and O–H groups in total.